The predicted molar refractivity (Wildman–Crippen MR) is 122 cm³/mol. The van der Waals surface area contributed by atoms with Gasteiger partial charge in [0.25, 0.3) is 5.91 Å². The van der Waals surface area contributed by atoms with Crippen LogP contribution in [-0.4, -0.2) is 23.3 Å². The molecule has 2 amide bonds. The van der Waals surface area contributed by atoms with Crippen LogP contribution < -0.4 is 5.32 Å². The molecule has 0 spiro atoms. The molecule has 0 saturated heterocycles. The molecule has 0 aliphatic carbocycles. The van der Waals surface area contributed by atoms with Gasteiger partial charge in [0, 0.05) is 22.7 Å². The molecule has 30 heavy (non-hydrogen) atoms. The lowest BCUT2D eigenvalue weighted by Gasteiger charge is -2.42. The SMILES string of the molecule is Cc1ccccc1NC(=O)[C@H]1c2ccccc2C(=O)N(CC(C)C)[C@H]1c1cccs1. The quantitative estimate of drug-likeness (QED) is 0.584. The van der Waals surface area contributed by atoms with Crippen molar-refractivity contribution < 1.29 is 9.59 Å². The van der Waals surface area contributed by atoms with Gasteiger partial charge in [0.2, 0.25) is 5.91 Å². The van der Waals surface area contributed by atoms with Crippen molar-refractivity contribution in [3.63, 3.8) is 0 Å². The van der Waals surface area contributed by atoms with E-state index in [-0.39, 0.29) is 17.9 Å². The number of benzene rings is 2. The van der Waals surface area contributed by atoms with E-state index >= 15 is 0 Å². The number of nitrogens with zero attached hydrogens (tertiary/aromatic N) is 1. The third-order valence-corrected chi connectivity index (χ3v) is 6.46. The summed E-state index contributed by atoms with van der Waals surface area (Å²) in [6.45, 7) is 6.78. The van der Waals surface area contributed by atoms with Crippen LogP contribution >= 0.6 is 11.3 Å². The molecule has 154 valence electrons. The first-order valence-corrected chi connectivity index (χ1v) is 11.1. The van der Waals surface area contributed by atoms with Gasteiger partial charge in [-0.3, -0.25) is 9.59 Å². The maximum Gasteiger partial charge on any atom is 0.254 e. The molecule has 4 rings (SSSR count). The van der Waals surface area contributed by atoms with Crippen LogP contribution in [0.3, 0.4) is 0 Å². The van der Waals surface area contributed by atoms with Crippen LogP contribution in [0.5, 0.6) is 0 Å². The van der Waals surface area contributed by atoms with Gasteiger partial charge in [-0.15, -0.1) is 11.3 Å². The molecular weight excluding hydrogens is 392 g/mol. The lowest BCUT2D eigenvalue weighted by Crippen LogP contribution is -2.47. The highest BCUT2D eigenvalue weighted by atomic mass is 32.1. The average Bonchev–Trinajstić information content (AvgIpc) is 3.25. The molecule has 0 fully saturated rings. The van der Waals surface area contributed by atoms with Crippen LogP contribution in [0.15, 0.2) is 66.0 Å². The first-order valence-electron chi connectivity index (χ1n) is 10.3. The summed E-state index contributed by atoms with van der Waals surface area (Å²) in [7, 11) is 0. The van der Waals surface area contributed by atoms with Crippen LogP contribution in [0.1, 0.15) is 52.2 Å². The van der Waals surface area contributed by atoms with Crippen molar-refractivity contribution >= 4 is 28.8 Å². The summed E-state index contributed by atoms with van der Waals surface area (Å²) in [4.78, 5) is 30.0. The van der Waals surface area contributed by atoms with Gasteiger partial charge in [-0.2, -0.15) is 0 Å². The molecule has 1 N–H and O–H groups in total. The fourth-order valence-corrected chi connectivity index (χ4v) is 5.04. The number of hydrogen-bond acceptors (Lipinski definition) is 3. The van der Waals surface area contributed by atoms with E-state index in [1.165, 1.54) is 0 Å². The molecule has 1 aromatic heterocycles. The summed E-state index contributed by atoms with van der Waals surface area (Å²) in [5, 5.41) is 5.13. The summed E-state index contributed by atoms with van der Waals surface area (Å²) in [5.74, 6) is -0.272. The van der Waals surface area contributed by atoms with E-state index in [0.717, 1.165) is 21.7 Å². The molecule has 3 aromatic rings. The minimum absolute atomic E-state index is 0.00218. The van der Waals surface area contributed by atoms with Crippen LogP contribution in [0, 0.1) is 12.8 Å². The Kier molecular flexibility index (Phi) is 5.73. The predicted octanol–water partition coefficient (Wildman–Crippen LogP) is 5.63. The fraction of sp³-hybridized carbons (Fsp3) is 0.280. The van der Waals surface area contributed by atoms with Crippen LogP contribution in [0.4, 0.5) is 5.69 Å². The van der Waals surface area contributed by atoms with E-state index in [0.29, 0.717) is 18.0 Å². The number of para-hydroxylation sites is 1. The number of hydrogen-bond donors (Lipinski definition) is 1. The van der Waals surface area contributed by atoms with Crippen molar-refractivity contribution in [2.75, 3.05) is 11.9 Å². The number of rotatable bonds is 5. The highest BCUT2D eigenvalue weighted by Crippen LogP contribution is 2.45. The van der Waals surface area contributed by atoms with Crippen molar-refractivity contribution in [2.45, 2.75) is 32.7 Å². The monoisotopic (exact) mass is 418 g/mol. The summed E-state index contributed by atoms with van der Waals surface area (Å²) < 4.78 is 0. The number of anilines is 1. The second-order valence-electron chi connectivity index (χ2n) is 8.18. The summed E-state index contributed by atoms with van der Waals surface area (Å²) >= 11 is 1.59. The normalized spacial score (nSPS) is 18.4. The molecule has 0 radical (unpaired) electrons. The van der Waals surface area contributed by atoms with Crippen LogP contribution in [0.2, 0.25) is 0 Å². The van der Waals surface area contributed by atoms with Crippen LogP contribution in [-0.2, 0) is 4.79 Å². The van der Waals surface area contributed by atoms with Crippen molar-refractivity contribution in [1.82, 2.24) is 4.90 Å². The minimum atomic E-state index is -0.476. The Balaban J connectivity index is 1.83. The highest BCUT2D eigenvalue weighted by Gasteiger charge is 2.44. The largest absolute Gasteiger partial charge is 0.329 e. The zero-order valence-corrected chi connectivity index (χ0v) is 18.3. The van der Waals surface area contributed by atoms with Crippen molar-refractivity contribution in [2.24, 2.45) is 5.92 Å². The third kappa shape index (κ3) is 3.77. The van der Waals surface area contributed by atoms with E-state index in [4.69, 9.17) is 0 Å². The number of aryl methyl sites for hydroxylation is 1. The number of nitrogens with one attached hydrogen (secondary N) is 1. The Morgan fingerprint density at radius 1 is 1.07 bits per heavy atom. The summed E-state index contributed by atoms with van der Waals surface area (Å²) in [6.07, 6.45) is 0. The van der Waals surface area contributed by atoms with Crippen molar-refractivity contribution in [1.29, 1.82) is 0 Å². The molecule has 5 heteroatoms. The zero-order chi connectivity index (χ0) is 21.3. The summed E-state index contributed by atoms with van der Waals surface area (Å²) in [6, 6.07) is 19.0. The molecule has 0 saturated carbocycles. The standard InChI is InChI=1S/C25H26N2O2S/c1-16(2)15-27-23(21-13-8-14-30-21)22(18-10-5-6-11-19(18)25(27)29)24(28)26-20-12-7-4-9-17(20)3/h4-14,16,22-23H,15H2,1-3H3,(H,26,28)/t22-,23-/m0/s1. The van der Waals surface area contributed by atoms with Gasteiger partial charge >= 0.3 is 0 Å². The Labute approximate surface area is 181 Å². The Morgan fingerprint density at radius 3 is 2.50 bits per heavy atom. The van der Waals surface area contributed by atoms with E-state index in [1.807, 2.05) is 77.9 Å². The Hall–Kier alpha value is -2.92. The average molecular weight is 419 g/mol. The number of fused-ring (bicyclic) bond motifs is 1. The number of carbonyl (C=O) groups excluding carboxylic acids is 2. The number of thiophene rings is 1. The Morgan fingerprint density at radius 2 is 1.80 bits per heavy atom. The molecule has 2 heterocycles. The zero-order valence-electron chi connectivity index (χ0n) is 17.5. The third-order valence-electron chi connectivity index (χ3n) is 5.52. The summed E-state index contributed by atoms with van der Waals surface area (Å²) in [5.41, 5.74) is 3.23. The van der Waals surface area contributed by atoms with E-state index in [2.05, 4.69) is 19.2 Å². The second kappa shape index (κ2) is 8.44. The van der Waals surface area contributed by atoms with E-state index in [1.54, 1.807) is 11.3 Å². The van der Waals surface area contributed by atoms with Crippen molar-refractivity contribution in [3.05, 3.63) is 87.6 Å². The minimum Gasteiger partial charge on any atom is -0.329 e. The van der Waals surface area contributed by atoms with Gasteiger partial charge < -0.3 is 10.2 Å². The fourth-order valence-electron chi connectivity index (χ4n) is 4.17. The van der Waals surface area contributed by atoms with Gasteiger partial charge in [0.15, 0.2) is 0 Å². The highest BCUT2D eigenvalue weighted by molar-refractivity contribution is 7.10. The van der Waals surface area contributed by atoms with Gasteiger partial charge in [-0.1, -0.05) is 56.3 Å². The topological polar surface area (TPSA) is 49.4 Å². The molecule has 1 aliphatic heterocycles. The van der Waals surface area contributed by atoms with Crippen LogP contribution in [0.25, 0.3) is 0 Å². The Bertz CT molecular complexity index is 1060. The molecule has 0 bridgehead atoms. The second-order valence-corrected chi connectivity index (χ2v) is 9.16. The van der Waals surface area contributed by atoms with Gasteiger partial charge in [-0.05, 0) is 47.5 Å². The van der Waals surface area contributed by atoms with Gasteiger partial charge in [0.1, 0.15) is 0 Å². The lowest BCUT2D eigenvalue weighted by atomic mass is 9.81. The number of amides is 2. The molecule has 0 unspecified atom stereocenters. The van der Waals surface area contributed by atoms with Gasteiger partial charge in [-0.25, -0.2) is 0 Å². The maximum absolute atomic E-state index is 13.7. The van der Waals surface area contributed by atoms with Crippen molar-refractivity contribution in [3.8, 4) is 0 Å². The van der Waals surface area contributed by atoms with Gasteiger partial charge in [0.05, 0.1) is 12.0 Å². The smallest absolute Gasteiger partial charge is 0.254 e. The molecule has 2 aromatic carbocycles. The lowest BCUT2D eigenvalue weighted by molar-refractivity contribution is -0.119. The van der Waals surface area contributed by atoms with E-state index < -0.39 is 5.92 Å². The molecular formula is C25H26N2O2S. The maximum atomic E-state index is 13.7. The number of carbonyl (C=O) groups is 2. The molecule has 4 nitrogen and oxygen atoms in total. The van der Waals surface area contributed by atoms with E-state index in [9.17, 15) is 9.59 Å². The molecule has 1 aliphatic rings. The first-order chi connectivity index (χ1) is 14.5. The molecule has 2 atom stereocenters. The first kappa shape index (κ1) is 20.4.